The molecule has 124 valence electrons. The molecule has 0 saturated carbocycles. The van der Waals surface area contributed by atoms with Crippen LogP contribution < -0.4 is 5.32 Å². The first-order valence-electron chi connectivity index (χ1n) is 8.23. The topological polar surface area (TPSA) is 70.7 Å². The predicted octanol–water partition coefficient (Wildman–Crippen LogP) is 2.87. The predicted molar refractivity (Wildman–Crippen MR) is 94.8 cm³/mol. The third-order valence-electron chi connectivity index (χ3n) is 4.19. The number of benzene rings is 1. The maximum atomic E-state index is 11.9. The van der Waals surface area contributed by atoms with Crippen molar-refractivity contribution < 1.29 is 4.79 Å². The molecule has 0 aliphatic heterocycles. The van der Waals surface area contributed by atoms with Crippen molar-refractivity contribution in [1.29, 1.82) is 0 Å². The molecule has 1 amide bonds. The molecule has 3 rings (SSSR count). The van der Waals surface area contributed by atoms with E-state index < -0.39 is 0 Å². The summed E-state index contributed by atoms with van der Waals surface area (Å²) >= 11 is 0. The van der Waals surface area contributed by atoms with E-state index in [4.69, 9.17) is 0 Å². The Morgan fingerprint density at radius 3 is 2.83 bits per heavy atom. The largest absolute Gasteiger partial charge is 0.356 e. The summed E-state index contributed by atoms with van der Waals surface area (Å²) in [7, 11) is 0. The molecule has 1 aromatic carbocycles. The van der Waals surface area contributed by atoms with Crippen molar-refractivity contribution in [3.63, 3.8) is 0 Å². The van der Waals surface area contributed by atoms with Crippen LogP contribution in [0.15, 0.2) is 36.7 Å². The molecule has 5 heteroatoms. The van der Waals surface area contributed by atoms with Gasteiger partial charge in [0.15, 0.2) is 0 Å². The molecule has 24 heavy (non-hydrogen) atoms. The van der Waals surface area contributed by atoms with Crippen LogP contribution in [0.3, 0.4) is 0 Å². The molecule has 0 unspecified atom stereocenters. The van der Waals surface area contributed by atoms with Gasteiger partial charge in [-0.25, -0.2) is 4.98 Å². The summed E-state index contributed by atoms with van der Waals surface area (Å²) in [5.74, 6) is 0.962. The normalized spacial score (nSPS) is 10.9. The first-order chi connectivity index (χ1) is 11.6. The number of imidazole rings is 1. The van der Waals surface area contributed by atoms with Crippen LogP contribution in [-0.2, 0) is 17.6 Å². The Balaban J connectivity index is 1.48. The standard InChI is InChI=1S/C19H22N4O/c1-13-10-16-17(11-14(13)2)23-18(22-16)7-9-21-19(24)6-5-15-4-3-8-20-12-15/h3-4,8,10-12H,5-7,9H2,1-2H3,(H,21,24)(H,22,23). The van der Waals surface area contributed by atoms with E-state index in [0.717, 1.165) is 22.4 Å². The van der Waals surface area contributed by atoms with Crippen LogP contribution >= 0.6 is 0 Å². The van der Waals surface area contributed by atoms with E-state index in [1.54, 1.807) is 12.4 Å². The van der Waals surface area contributed by atoms with Gasteiger partial charge in [0.05, 0.1) is 11.0 Å². The van der Waals surface area contributed by atoms with Crippen molar-refractivity contribution in [2.45, 2.75) is 33.1 Å². The lowest BCUT2D eigenvalue weighted by Gasteiger charge is -2.04. The monoisotopic (exact) mass is 322 g/mol. The van der Waals surface area contributed by atoms with Crippen LogP contribution in [0, 0.1) is 13.8 Å². The third kappa shape index (κ3) is 3.98. The highest BCUT2D eigenvalue weighted by atomic mass is 16.1. The Hall–Kier alpha value is -2.69. The molecule has 2 heterocycles. The fourth-order valence-electron chi connectivity index (χ4n) is 2.65. The number of hydrogen-bond acceptors (Lipinski definition) is 3. The van der Waals surface area contributed by atoms with Crippen LogP contribution in [0.5, 0.6) is 0 Å². The van der Waals surface area contributed by atoms with Crippen LogP contribution in [0.2, 0.25) is 0 Å². The van der Waals surface area contributed by atoms with Gasteiger partial charge in [0, 0.05) is 31.8 Å². The number of amides is 1. The van der Waals surface area contributed by atoms with Gasteiger partial charge >= 0.3 is 0 Å². The van der Waals surface area contributed by atoms with E-state index >= 15 is 0 Å². The zero-order chi connectivity index (χ0) is 16.9. The molecule has 0 aliphatic rings. The molecule has 0 spiro atoms. The Bertz CT molecular complexity index is 800. The van der Waals surface area contributed by atoms with Gasteiger partial charge in [-0.1, -0.05) is 6.07 Å². The minimum Gasteiger partial charge on any atom is -0.356 e. The van der Waals surface area contributed by atoms with Gasteiger partial charge in [0.2, 0.25) is 5.91 Å². The highest BCUT2D eigenvalue weighted by Crippen LogP contribution is 2.17. The van der Waals surface area contributed by atoms with Gasteiger partial charge in [-0.15, -0.1) is 0 Å². The van der Waals surface area contributed by atoms with Crippen molar-refractivity contribution in [2.24, 2.45) is 0 Å². The molecule has 0 bridgehead atoms. The van der Waals surface area contributed by atoms with E-state index in [9.17, 15) is 4.79 Å². The summed E-state index contributed by atoms with van der Waals surface area (Å²) in [6, 6.07) is 8.09. The molecular formula is C19H22N4O. The van der Waals surface area contributed by atoms with Crippen LogP contribution in [-0.4, -0.2) is 27.4 Å². The SMILES string of the molecule is Cc1cc2nc(CCNC(=O)CCc3cccnc3)[nH]c2cc1C. The van der Waals surface area contributed by atoms with Crippen molar-refractivity contribution in [1.82, 2.24) is 20.3 Å². The second-order valence-corrected chi connectivity index (χ2v) is 6.10. The second-order valence-electron chi connectivity index (χ2n) is 6.10. The Morgan fingerprint density at radius 1 is 1.21 bits per heavy atom. The molecule has 0 saturated heterocycles. The molecule has 3 aromatic rings. The quantitative estimate of drug-likeness (QED) is 0.733. The number of carbonyl (C=O) groups is 1. The zero-order valence-corrected chi connectivity index (χ0v) is 14.1. The summed E-state index contributed by atoms with van der Waals surface area (Å²) in [6.07, 6.45) is 5.42. The number of hydrogen-bond donors (Lipinski definition) is 2. The summed E-state index contributed by atoms with van der Waals surface area (Å²) in [5.41, 5.74) is 5.60. The number of aromatic amines is 1. The average molecular weight is 322 g/mol. The summed E-state index contributed by atoms with van der Waals surface area (Å²) in [6.45, 7) is 4.77. The molecule has 0 aliphatic carbocycles. The van der Waals surface area contributed by atoms with Crippen LogP contribution in [0.1, 0.15) is 28.9 Å². The van der Waals surface area contributed by atoms with E-state index in [2.05, 4.69) is 46.2 Å². The maximum absolute atomic E-state index is 11.9. The van der Waals surface area contributed by atoms with E-state index in [0.29, 0.717) is 25.8 Å². The van der Waals surface area contributed by atoms with Crippen LogP contribution in [0.25, 0.3) is 11.0 Å². The molecule has 0 atom stereocenters. The molecular weight excluding hydrogens is 300 g/mol. The third-order valence-corrected chi connectivity index (χ3v) is 4.19. The number of carbonyl (C=O) groups excluding carboxylic acids is 1. The molecule has 0 radical (unpaired) electrons. The molecule has 0 fully saturated rings. The van der Waals surface area contributed by atoms with E-state index in [-0.39, 0.29) is 5.91 Å². The number of H-pyrrole nitrogens is 1. The summed E-state index contributed by atoms with van der Waals surface area (Å²) < 4.78 is 0. The molecule has 2 aromatic heterocycles. The number of fused-ring (bicyclic) bond motifs is 1. The zero-order valence-electron chi connectivity index (χ0n) is 14.1. The Labute approximate surface area is 141 Å². The first kappa shape index (κ1) is 16.2. The van der Waals surface area contributed by atoms with Gasteiger partial charge < -0.3 is 10.3 Å². The van der Waals surface area contributed by atoms with Gasteiger partial charge in [0.1, 0.15) is 5.82 Å². The van der Waals surface area contributed by atoms with Crippen molar-refractivity contribution >= 4 is 16.9 Å². The Kier molecular flexibility index (Phi) is 4.89. The average Bonchev–Trinajstić information content (AvgIpc) is 2.96. The minimum atomic E-state index is 0.0571. The second kappa shape index (κ2) is 7.25. The van der Waals surface area contributed by atoms with Gasteiger partial charge in [-0.05, 0) is 55.2 Å². The number of nitrogens with one attached hydrogen (secondary N) is 2. The lowest BCUT2D eigenvalue weighted by Crippen LogP contribution is -2.26. The smallest absolute Gasteiger partial charge is 0.220 e. The highest BCUT2D eigenvalue weighted by Gasteiger charge is 2.06. The highest BCUT2D eigenvalue weighted by molar-refractivity contribution is 5.77. The van der Waals surface area contributed by atoms with Crippen molar-refractivity contribution in [2.75, 3.05) is 6.54 Å². The number of aromatic nitrogens is 3. The van der Waals surface area contributed by atoms with E-state index in [1.165, 1.54) is 11.1 Å². The van der Waals surface area contributed by atoms with Crippen molar-refractivity contribution in [3.8, 4) is 0 Å². The first-order valence-corrected chi connectivity index (χ1v) is 8.23. The van der Waals surface area contributed by atoms with Gasteiger partial charge in [-0.2, -0.15) is 0 Å². The fourth-order valence-corrected chi connectivity index (χ4v) is 2.65. The lowest BCUT2D eigenvalue weighted by molar-refractivity contribution is -0.121. The number of rotatable bonds is 6. The molecule has 2 N–H and O–H groups in total. The Morgan fingerprint density at radius 2 is 2.04 bits per heavy atom. The fraction of sp³-hybridized carbons (Fsp3) is 0.316. The van der Waals surface area contributed by atoms with Crippen molar-refractivity contribution in [3.05, 3.63) is 59.2 Å². The van der Waals surface area contributed by atoms with Crippen LogP contribution in [0.4, 0.5) is 0 Å². The summed E-state index contributed by atoms with van der Waals surface area (Å²) in [5, 5.41) is 2.95. The number of nitrogens with zero attached hydrogens (tertiary/aromatic N) is 2. The number of pyridine rings is 1. The van der Waals surface area contributed by atoms with Gasteiger partial charge in [-0.3, -0.25) is 9.78 Å². The number of aryl methyl sites for hydroxylation is 3. The van der Waals surface area contributed by atoms with Gasteiger partial charge in [0.25, 0.3) is 0 Å². The van der Waals surface area contributed by atoms with E-state index in [1.807, 2.05) is 12.1 Å². The lowest BCUT2D eigenvalue weighted by atomic mass is 10.1. The summed E-state index contributed by atoms with van der Waals surface area (Å²) in [4.78, 5) is 23.9. The maximum Gasteiger partial charge on any atom is 0.220 e. The molecule has 5 nitrogen and oxygen atoms in total. The minimum absolute atomic E-state index is 0.0571.